The van der Waals surface area contributed by atoms with Crippen molar-refractivity contribution in [2.75, 3.05) is 35.7 Å². The van der Waals surface area contributed by atoms with Crippen LogP contribution < -0.4 is 9.80 Å². The molecule has 1 saturated heterocycles. The number of sulfone groups is 1. The molecule has 1 fully saturated rings. The maximum absolute atomic E-state index is 14.0. The van der Waals surface area contributed by atoms with Crippen molar-refractivity contribution in [3.05, 3.63) is 47.9 Å². The number of aliphatic hydroxyl groups is 1. The molecule has 1 aliphatic heterocycles. The van der Waals surface area contributed by atoms with Crippen molar-refractivity contribution in [3.8, 4) is 0 Å². The summed E-state index contributed by atoms with van der Waals surface area (Å²) < 4.78 is 76.4. The Balaban J connectivity index is 1.90. The van der Waals surface area contributed by atoms with Gasteiger partial charge in [0.05, 0.1) is 17.2 Å². The minimum absolute atomic E-state index is 0.284. The highest BCUT2D eigenvalue weighted by Crippen LogP contribution is 2.32. The standard InChI is InChI=1S/C21H25F4N3O3S/c1-20(2,29)11-16-13-27(15-5-6-17(22)18(10-15)32(3,30)31)8-9-28(16)19-7-4-14(12-26-19)21(23,24)25/h4-7,10,12,16,29H,8-9,11,13H2,1-3H3. The molecule has 2 aromatic rings. The summed E-state index contributed by atoms with van der Waals surface area (Å²) in [4.78, 5) is 7.27. The molecule has 0 saturated carbocycles. The first-order valence-electron chi connectivity index (χ1n) is 9.92. The second-order valence-corrected chi connectivity index (χ2v) is 10.6. The first-order chi connectivity index (χ1) is 14.6. The predicted octanol–water partition coefficient (Wildman–Crippen LogP) is 3.50. The molecule has 1 unspecified atom stereocenters. The lowest BCUT2D eigenvalue weighted by Gasteiger charge is -2.45. The molecule has 1 N–H and O–H groups in total. The summed E-state index contributed by atoms with van der Waals surface area (Å²) in [7, 11) is -3.76. The van der Waals surface area contributed by atoms with Gasteiger partial charge in [-0.05, 0) is 50.6 Å². The number of rotatable bonds is 5. The summed E-state index contributed by atoms with van der Waals surface area (Å²) in [5.74, 6) is -0.486. The molecule has 6 nitrogen and oxygen atoms in total. The van der Waals surface area contributed by atoms with Crippen LogP contribution in [0.5, 0.6) is 0 Å². The van der Waals surface area contributed by atoms with Crippen LogP contribution in [0.15, 0.2) is 41.4 Å². The second kappa shape index (κ2) is 8.51. The molecular formula is C21H25F4N3O3S. The van der Waals surface area contributed by atoms with Gasteiger partial charge in [0.25, 0.3) is 0 Å². The minimum atomic E-state index is -4.49. The summed E-state index contributed by atoms with van der Waals surface area (Å²) in [6, 6.07) is 5.79. The summed E-state index contributed by atoms with van der Waals surface area (Å²) in [5.41, 5.74) is -1.41. The van der Waals surface area contributed by atoms with Gasteiger partial charge in [-0.2, -0.15) is 13.2 Å². The van der Waals surface area contributed by atoms with E-state index in [1.807, 2.05) is 9.80 Å². The van der Waals surface area contributed by atoms with Crippen molar-refractivity contribution in [3.63, 3.8) is 0 Å². The highest BCUT2D eigenvalue weighted by Gasteiger charge is 2.34. The number of hydrogen-bond donors (Lipinski definition) is 1. The molecule has 0 aliphatic carbocycles. The SMILES string of the molecule is CC(C)(O)CC1CN(c2ccc(F)c(S(C)(=O)=O)c2)CCN1c1ccc(C(F)(F)F)cn1. The van der Waals surface area contributed by atoms with Crippen LogP contribution in [0.1, 0.15) is 25.8 Å². The Bertz CT molecular complexity index is 1070. The Morgan fingerprint density at radius 2 is 1.84 bits per heavy atom. The van der Waals surface area contributed by atoms with E-state index < -0.39 is 37.9 Å². The van der Waals surface area contributed by atoms with Gasteiger partial charge < -0.3 is 14.9 Å². The van der Waals surface area contributed by atoms with E-state index in [0.717, 1.165) is 24.6 Å². The maximum atomic E-state index is 14.0. The van der Waals surface area contributed by atoms with Gasteiger partial charge in [0, 0.05) is 37.8 Å². The Morgan fingerprint density at radius 1 is 1.16 bits per heavy atom. The van der Waals surface area contributed by atoms with Crippen molar-refractivity contribution in [1.82, 2.24) is 4.98 Å². The Labute approximate surface area is 184 Å². The minimum Gasteiger partial charge on any atom is -0.390 e. The van der Waals surface area contributed by atoms with Crippen LogP contribution in [-0.2, 0) is 16.0 Å². The lowest BCUT2D eigenvalue weighted by atomic mass is 9.95. The van der Waals surface area contributed by atoms with Gasteiger partial charge in [0.1, 0.15) is 16.5 Å². The van der Waals surface area contributed by atoms with Gasteiger partial charge in [-0.15, -0.1) is 0 Å². The molecule has 176 valence electrons. The molecule has 11 heteroatoms. The normalized spacial score (nSPS) is 18.2. The van der Waals surface area contributed by atoms with Crippen LogP contribution in [0, 0.1) is 5.82 Å². The molecule has 32 heavy (non-hydrogen) atoms. The van der Waals surface area contributed by atoms with Crippen molar-refractivity contribution in [1.29, 1.82) is 0 Å². The number of alkyl halides is 3. The van der Waals surface area contributed by atoms with Crippen LogP contribution in [0.25, 0.3) is 0 Å². The zero-order chi connectivity index (χ0) is 23.9. The van der Waals surface area contributed by atoms with Crippen molar-refractivity contribution in [2.45, 2.75) is 43.0 Å². The Kier molecular flexibility index (Phi) is 6.45. The average molecular weight is 476 g/mol. The zero-order valence-corrected chi connectivity index (χ0v) is 18.7. The maximum Gasteiger partial charge on any atom is 0.417 e. The van der Waals surface area contributed by atoms with E-state index in [9.17, 15) is 31.1 Å². The fraction of sp³-hybridized carbons (Fsp3) is 0.476. The smallest absolute Gasteiger partial charge is 0.390 e. The largest absolute Gasteiger partial charge is 0.417 e. The average Bonchev–Trinajstić information content (AvgIpc) is 2.65. The molecule has 0 amide bonds. The summed E-state index contributed by atoms with van der Waals surface area (Å²) in [5, 5.41) is 10.4. The van der Waals surface area contributed by atoms with E-state index in [0.29, 0.717) is 31.1 Å². The molecule has 1 aromatic heterocycles. The van der Waals surface area contributed by atoms with Gasteiger partial charge >= 0.3 is 6.18 Å². The second-order valence-electron chi connectivity index (χ2n) is 8.60. The van der Waals surface area contributed by atoms with Crippen LogP contribution in [-0.4, -0.2) is 56.0 Å². The monoisotopic (exact) mass is 475 g/mol. The van der Waals surface area contributed by atoms with Crippen molar-refractivity contribution >= 4 is 21.3 Å². The number of aromatic nitrogens is 1. The molecular weight excluding hydrogens is 450 g/mol. The van der Waals surface area contributed by atoms with E-state index in [2.05, 4.69) is 4.98 Å². The van der Waals surface area contributed by atoms with Crippen LogP contribution in [0.3, 0.4) is 0 Å². The number of anilines is 2. The fourth-order valence-corrected chi connectivity index (χ4v) is 4.60. The van der Waals surface area contributed by atoms with Crippen LogP contribution in [0.4, 0.5) is 29.1 Å². The van der Waals surface area contributed by atoms with E-state index in [1.165, 1.54) is 18.2 Å². The lowest BCUT2D eigenvalue weighted by Crippen LogP contribution is -2.55. The van der Waals surface area contributed by atoms with E-state index in [-0.39, 0.29) is 12.5 Å². The third-order valence-corrected chi connectivity index (χ3v) is 6.38. The van der Waals surface area contributed by atoms with Gasteiger partial charge in [0.15, 0.2) is 9.84 Å². The molecule has 3 rings (SSSR count). The predicted molar refractivity (Wildman–Crippen MR) is 113 cm³/mol. The molecule has 0 radical (unpaired) electrons. The summed E-state index contributed by atoms with van der Waals surface area (Å²) >= 11 is 0. The molecule has 0 bridgehead atoms. The Morgan fingerprint density at radius 3 is 2.38 bits per heavy atom. The van der Waals surface area contributed by atoms with Gasteiger partial charge in [0.2, 0.25) is 0 Å². The third-order valence-electron chi connectivity index (χ3n) is 5.27. The third kappa shape index (κ3) is 5.69. The molecule has 1 aromatic carbocycles. The highest BCUT2D eigenvalue weighted by atomic mass is 32.2. The van der Waals surface area contributed by atoms with Gasteiger partial charge in [-0.25, -0.2) is 17.8 Å². The highest BCUT2D eigenvalue weighted by molar-refractivity contribution is 7.90. The quantitative estimate of drug-likeness (QED) is 0.668. The number of hydrogen-bond acceptors (Lipinski definition) is 6. The van der Waals surface area contributed by atoms with Gasteiger partial charge in [-0.1, -0.05) is 0 Å². The van der Waals surface area contributed by atoms with E-state index >= 15 is 0 Å². The van der Waals surface area contributed by atoms with Crippen molar-refractivity contribution < 1.29 is 31.1 Å². The molecule has 2 heterocycles. The number of pyridine rings is 1. The van der Waals surface area contributed by atoms with E-state index in [4.69, 9.17) is 0 Å². The first-order valence-corrected chi connectivity index (χ1v) is 11.8. The molecule has 0 spiro atoms. The molecule has 1 aliphatic rings. The van der Waals surface area contributed by atoms with Gasteiger partial charge in [-0.3, -0.25) is 0 Å². The zero-order valence-electron chi connectivity index (χ0n) is 17.9. The van der Waals surface area contributed by atoms with Crippen LogP contribution >= 0.6 is 0 Å². The van der Waals surface area contributed by atoms with E-state index in [1.54, 1.807) is 13.8 Å². The molecule has 1 atom stereocenters. The number of nitrogens with zero attached hydrogens (tertiary/aromatic N) is 3. The topological polar surface area (TPSA) is 73.7 Å². The number of benzene rings is 1. The Hall–Kier alpha value is -2.40. The van der Waals surface area contributed by atoms with Crippen LogP contribution in [0.2, 0.25) is 0 Å². The number of piperazine rings is 1. The number of halogens is 4. The summed E-state index contributed by atoms with van der Waals surface area (Å²) in [6.07, 6.45) is -2.50. The first kappa shape index (κ1) is 24.2. The lowest BCUT2D eigenvalue weighted by molar-refractivity contribution is -0.137. The fourth-order valence-electron chi connectivity index (χ4n) is 3.84. The van der Waals surface area contributed by atoms with Crippen molar-refractivity contribution in [2.24, 2.45) is 0 Å². The summed E-state index contributed by atoms with van der Waals surface area (Å²) in [6.45, 7) is 4.36.